The summed E-state index contributed by atoms with van der Waals surface area (Å²) in [6, 6.07) is 6.19. The van der Waals surface area contributed by atoms with Crippen molar-refractivity contribution in [3.8, 4) is 0 Å². The van der Waals surface area contributed by atoms with Gasteiger partial charge in [0.15, 0.2) is 0 Å². The van der Waals surface area contributed by atoms with Gasteiger partial charge < -0.3 is 5.11 Å². The molecule has 0 bridgehead atoms. The molecule has 0 aliphatic carbocycles. The van der Waals surface area contributed by atoms with Crippen molar-refractivity contribution in [1.29, 1.82) is 0 Å². The van der Waals surface area contributed by atoms with E-state index in [1.54, 1.807) is 4.68 Å². The Bertz CT molecular complexity index is 558. The molecule has 0 aliphatic rings. The molecule has 4 heteroatoms. The Morgan fingerprint density at radius 1 is 1.35 bits per heavy atom. The van der Waals surface area contributed by atoms with E-state index in [0.29, 0.717) is 6.54 Å². The summed E-state index contributed by atoms with van der Waals surface area (Å²) in [4.78, 5) is 10.7. The van der Waals surface area contributed by atoms with Crippen molar-refractivity contribution in [2.24, 2.45) is 0 Å². The van der Waals surface area contributed by atoms with E-state index in [4.69, 9.17) is 5.11 Å². The predicted molar refractivity (Wildman–Crippen MR) is 64.2 cm³/mol. The molecule has 1 aromatic carbocycles. The number of aromatic nitrogens is 2. The highest BCUT2D eigenvalue weighted by molar-refractivity contribution is 5.86. The maximum absolute atomic E-state index is 10.7. The van der Waals surface area contributed by atoms with Gasteiger partial charge >= 0.3 is 5.97 Å². The summed E-state index contributed by atoms with van der Waals surface area (Å²) in [5, 5.41) is 12.8. The van der Waals surface area contributed by atoms with Crippen molar-refractivity contribution in [3.05, 3.63) is 52.8 Å². The Morgan fingerprint density at radius 3 is 2.71 bits per heavy atom. The molecule has 88 valence electrons. The number of carboxylic acid groups (broad SMARTS) is 1. The van der Waals surface area contributed by atoms with Crippen LogP contribution in [-0.2, 0) is 6.54 Å². The van der Waals surface area contributed by atoms with Gasteiger partial charge in [-0.25, -0.2) is 4.79 Å². The predicted octanol–water partition coefficient (Wildman–Crippen LogP) is 2.25. The number of carboxylic acids is 1. The molecule has 0 aliphatic heterocycles. The summed E-state index contributed by atoms with van der Waals surface area (Å²) in [6.45, 7) is 4.72. The SMILES string of the molecule is Cc1ccc(Cn2cc(C(=O)O)cn2)cc1C. The zero-order chi connectivity index (χ0) is 12.4. The van der Waals surface area contributed by atoms with E-state index in [1.807, 2.05) is 6.07 Å². The van der Waals surface area contributed by atoms with E-state index in [-0.39, 0.29) is 5.56 Å². The van der Waals surface area contributed by atoms with Gasteiger partial charge in [0.2, 0.25) is 0 Å². The fourth-order valence-electron chi connectivity index (χ4n) is 1.65. The first-order valence-electron chi connectivity index (χ1n) is 5.38. The van der Waals surface area contributed by atoms with E-state index in [1.165, 1.54) is 23.5 Å². The second-order valence-corrected chi connectivity index (χ2v) is 4.15. The third kappa shape index (κ3) is 2.53. The number of benzene rings is 1. The lowest BCUT2D eigenvalue weighted by molar-refractivity contribution is 0.0697. The van der Waals surface area contributed by atoms with Gasteiger partial charge in [-0.2, -0.15) is 5.10 Å². The molecule has 0 amide bonds. The van der Waals surface area contributed by atoms with E-state index < -0.39 is 5.97 Å². The molecule has 4 nitrogen and oxygen atoms in total. The molecule has 0 spiro atoms. The summed E-state index contributed by atoms with van der Waals surface area (Å²) in [5.41, 5.74) is 3.82. The minimum absolute atomic E-state index is 0.217. The van der Waals surface area contributed by atoms with Gasteiger partial charge in [-0.1, -0.05) is 18.2 Å². The molecular formula is C13H14N2O2. The fraction of sp³-hybridized carbons (Fsp3) is 0.231. The lowest BCUT2D eigenvalue weighted by atomic mass is 10.1. The summed E-state index contributed by atoms with van der Waals surface area (Å²) in [7, 11) is 0. The van der Waals surface area contributed by atoms with Crippen LogP contribution in [0.5, 0.6) is 0 Å². The summed E-state index contributed by atoms with van der Waals surface area (Å²) in [5.74, 6) is -0.948. The highest BCUT2D eigenvalue weighted by Crippen LogP contribution is 2.11. The zero-order valence-corrected chi connectivity index (χ0v) is 9.84. The molecule has 2 aromatic rings. The van der Waals surface area contributed by atoms with Crippen LogP contribution < -0.4 is 0 Å². The minimum Gasteiger partial charge on any atom is -0.478 e. The number of aromatic carboxylic acids is 1. The average molecular weight is 230 g/mol. The zero-order valence-electron chi connectivity index (χ0n) is 9.84. The molecule has 0 atom stereocenters. The Morgan fingerprint density at radius 2 is 2.12 bits per heavy atom. The molecule has 0 unspecified atom stereocenters. The third-order valence-corrected chi connectivity index (χ3v) is 2.80. The Kier molecular flexibility index (Phi) is 2.95. The fourth-order valence-corrected chi connectivity index (χ4v) is 1.65. The second-order valence-electron chi connectivity index (χ2n) is 4.15. The summed E-state index contributed by atoms with van der Waals surface area (Å²) < 4.78 is 1.63. The van der Waals surface area contributed by atoms with Gasteiger partial charge in [0, 0.05) is 6.20 Å². The molecule has 17 heavy (non-hydrogen) atoms. The van der Waals surface area contributed by atoms with Crippen LogP contribution in [0.4, 0.5) is 0 Å². The van der Waals surface area contributed by atoms with Crippen LogP contribution in [-0.4, -0.2) is 20.9 Å². The summed E-state index contributed by atoms with van der Waals surface area (Å²) >= 11 is 0. The van der Waals surface area contributed by atoms with Crippen molar-refractivity contribution >= 4 is 5.97 Å². The quantitative estimate of drug-likeness (QED) is 0.879. The molecule has 0 radical (unpaired) electrons. The van der Waals surface area contributed by atoms with Gasteiger partial charge in [0.05, 0.1) is 18.3 Å². The van der Waals surface area contributed by atoms with Gasteiger partial charge in [-0.15, -0.1) is 0 Å². The number of carbonyl (C=O) groups is 1. The number of rotatable bonds is 3. The first-order chi connectivity index (χ1) is 8.06. The van der Waals surface area contributed by atoms with Crippen LogP contribution in [0.25, 0.3) is 0 Å². The number of hydrogen-bond donors (Lipinski definition) is 1. The van der Waals surface area contributed by atoms with Crippen molar-refractivity contribution in [1.82, 2.24) is 9.78 Å². The highest BCUT2D eigenvalue weighted by atomic mass is 16.4. The Hall–Kier alpha value is -2.10. The maximum atomic E-state index is 10.7. The first-order valence-corrected chi connectivity index (χ1v) is 5.38. The van der Waals surface area contributed by atoms with Gasteiger partial charge in [-0.05, 0) is 30.5 Å². The first kappa shape index (κ1) is 11.4. The number of aryl methyl sites for hydroxylation is 2. The van der Waals surface area contributed by atoms with E-state index >= 15 is 0 Å². The van der Waals surface area contributed by atoms with E-state index in [2.05, 4.69) is 31.1 Å². The molecule has 0 saturated carbocycles. The standard InChI is InChI=1S/C13H14N2O2/c1-9-3-4-11(5-10(9)2)7-15-8-12(6-14-15)13(16)17/h3-6,8H,7H2,1-2H3,(H,16,17). The van der Waals surface area contributed by atoms with E-state index in [9.17, 15) is 4.79 Å². The second kappa shape index (κ2) is 4.41. The monoisotopic (exact) mass is 230 g/mol. The normalized spacial score (nSPS) is 10.5. The van der Waals surface area contributed by atoms with Crippen molar-refractivity contribution in [2.75, 3.05) is 0 Å². The van der Waals surface area contributed by atoms with E-state index in [0.717, 1.165) is 5.56 Å². The third-order valence-electron chi connectivity index (χ3n) is 2.80. The van der Waals surface area contributed by atoms with Crippen LogP contribution in [0.3, 0.4) is 0 Å². The molecular weight excluding hydrogens is 216 g/mol. The minimum atomic E-state index is -0.948. The van der Waals surface area contributed by atoms with Crippen molar-refractivity contribution in [2.45, 2.75) is 20.4 Å². The maximum Gasteiger partial charge on any atom is 0.338 e. The van der Waals surface area contributed by atoms with Crippen LogP contribution >= 0.6 is 0 Å². The largest absolute Gasteiger partial charge is 0.478 e. The Labute approximate surface area is 99.5 Å². The van der Waals surface area contributed by atoms with Gasteiger partial charge in [0.1, 0.15) is 0 Å². The molecule has 1 N–H and O–H groups in total. The molecule has 1 heterocycles. The van der Waals surface area contributed by atoms with Crippen molar-refractivity contribution in [3.63, 3.8) is 0 Å². The number of nitrogens with zero attached hydrogens (tertiary/aromatic N) is 2. The van der Waals surface area contributed by atoms with Crippen LogP contribution in [0.2, 0.25) is 0 Å². The average Bonchev–Trinajstić information content (AvgIpc) is 2.72. The van der Waals surface area contributed by atoms with Gasteiger partial charge in [-0.3, -0.25) is 4.68 Å². The topological polar surface area (TPSA) is 55.1 Å². The molecule has 1 aromatic heterocycles. The van der Waals surface area contributed by atoms with Crippen LogP contribution in [0, 0.1) is 13.8 Å². The van der Waals surface area contributed by atoms with Crippen LogP contribution in [0.1, 0.15) is 27.0 Å². The lowest BCUT2D eigenvalue weighted by Crippen LogP contribution is -2.01. The van der Waals surface area contributed by atoms with Crippen molar-refractivity contribution < 1.29 is 9.90 Å². The highest BCUT2D eigenvalue weighted by Gasteiger charge is 2.06. The number of hydrogen-bond acceptors (Lipinski definition) is 2. The Balaban J connectivity index is 2.19. The van der Waals surface area contributed by atoms with Crippen LogP contribution in [0.15, 0.2) is 30.6 Å². The lowest BCUT2D eigenvalue weighted by Gasteiger charge is -2.05. The molecule has 0 saturated heterocycles. The summed E-state index contributed by atoms with van der Waals surface area (Å²) in [6.07, 6.45) is 2.90. The smallest absolute Gasteiger partial charge is 0.338 e. The van der Waals surface area contributed by atoms with Gasteiger partial charge in [0.25, 0.3) is 0 Å². The molecule has 0 fully saturated rings. The molecule has 2 rings (SSSR count).